The third-order valence-corrected chi connectivity index (χ3v) is 3.97. The molecule has 0 fully saturated rings. The number of nitrogens with one attached hydrogen (secondary N) is 2. The Hall–Kier alpha value is -0.560. The second-order valence-corrected chi connectivity index (χ2v) is 6.45. The molecule has 0 unspecified atom stereocenters. The van der Waals surface area contributed by atoms with Crippen molar-refractivity contribution in [3.05, 3.63) is 32.5 Å². The molecule has 0 atom stereocenters. The molecular formula is C12H18IN3S. The van der Waals surface area contributed by atoms with Crippen molar-refractivity contribution in [2.75, 3.05) is 19.6 Å². The minimum Gasteiger partial charge on any atom is -0.357 e. The highest BCUT2D eigenvalue weighted by Gasteiger charge is 1.98. The first-order chi connectivity index (χ1) is 8.26. The normalized spacial score (nSPS) is 11.3. The van der Waals surface area contributed by atoms with Crippen LogP contribution in [0.25, 0.3) is 0 Å². The third kappa shape index (κ3) is 6.07. The summed E-state index contributed by atoms with van der Waals surface area (Å²) in [4.78, 5) is 5.89. The van der Waals surface area contributed by atoms with E-state index in [1.54, 1.807) is 0 Å². The Bertz CT molecular complexity index is 374. The van der Waals surface area contributed by atoms with E-state index < -0.39 is 0 Å². The second-order valence-electron chi connectivity index (χ2n) is 3.39. The van der Waals surface area contributed by atoms with Gasteiger partial charge in [-0.15, -0.1) is 17.9 Å². The zero-order chi connectivity index (χ0) is 12.5. The molecule has 0 saturated heterocycles. The van der Waals surface area contributed by atoms with Gasteiger partial charge < -0.3 is 10.6 Å². The van der Waals surface area contributed by atoms with Crippen LogP contribution in [0.4, 0.5) is 0 Å². The largest absolute Gasteiger partial charge is 0.357 e. The van der Waals surface area contributed by atoms with Crippen molar-refractivity contribution in [3.63, 3.8) is 0 Å². The molecule has 0 bridgehead atoms. The van der Waals surface area contributed by atoms with E-state index in [1.807, 2.05) is 17.4 Å². The summed E-state index contributed by atoms with van der Waals surface area (Å²) >= 11 is 4.18. The molecule has 0 aliphatic carbocycles. The van der Waals surface area contributed by atoms with Crippen LogP contribution in [0, 0.1) is 2.88 Å². The molecule has 3 nitrogen and oxygen atoms in total. The van der Waals surface area contributed by atoms with Gasteiger partial charge in [0.2, 0.25) is 0 Å². The Balaban J connectivity index is 2.39. The molecule has 0 amide bonds. The molecule has 0 aromatic carbocycles. The van der Waals surface area contributed by atoms with Gasteiger partial charge in [0.15, 0.2) is 5.96 Å². The molecule has 2 N–H and O–H groups in total. The molecule has 17 heavy (non-hydrogen) atoms. The number of thiophene rings is 1. The molecular weight excluding hydrogens is 345 g/mol. The number of hydrogen-bond donors (Lipinski definition) is 2. The second kappa shape index (κ2) is 8.52. The van der Waals surface area contributed by atoms with Crippen LogP contribution in [0.15, 0.2) is 29.8 Å². The zero-order valence-electron chi connectivity index (χ0n) is 10.0. The molecule has 0 saturated carbocycles. The average molecular weight is 363 g/mol. The zero-order valence-corrected chi connectivity index (χ0v) is 13.0. The van der Waals surface area contributed by atoms with Crippen molar-refractivity contribution < 1.29 is 0 Å². The highest BCUT2D eigenvalue weighted by molar-refractivity contribution is 14.1. The summed E-state index contributed by atoms with van der Waals surface area (Å²) in [5.74, 6) is 0.860. The van der Waals surface area contributed by atoms with Crippen molar-refractivity contribution >= 4 is 39.9 Å². The third-order valence-electron chi connectivity index (χ3n) is 2.02. The maximum Gasteiger partial charge on any atom is 0.191 e. The van der Waals surface area contributed by atoms with Gasteiger partial charge in [-0.1, -0.05) is 6.08 Å². The Morgan fingerprint density at radius 1 is 1.53 bits per heavy atom. The van der Waals surface area contributed by atoms with Gasteiger partial charge in [0.05, 0.1) is 2.88 Å². The molecule has 5 heteroatoms. The van der Waals surface area contributed by atoms with E-state index in [2.05, 4.69) is 63.9 Å². The fourth-order valence-electron chi connectivity index (χ4n) is 1.27. The quantitative estimate of drug-likeness (QED) is 0.353. The molecule has 0 aliphatic heterocycles. The standard InChI is InChI=1S/C12H18IN3S/c1-3-8-15-12(14-4-2)16-9-7-10-5-6-11(13)17-10/h3,5-6H,1,4,7-9H2,2H3,(H2,14,15,16). The smallest absolute Gasteiger partial charge is 0.191 e. The topological polar surface area (TPSA) is 36.4 Å². The van der Waals surface area contributed by atoms with Gasteiger partial charge in [0.25, 0.3) is 0 Å². The van der Waals surface area contributed by atoms with Gasteiger partial charge in [0.1, 0.15) is 0 Å². The van der Waals surface area contributed by atoms with Gasteiger partial charge in [-0.2, -0.15) is 0 Å². The van der Waals surface area contributed by atoms with E-state index in [0.717, 1.165) is 32.0 Å². The Morgan fingerprint density at radius 2 is 2.35 bits per heavy atom. The van der Waals surface area contributed by atoms with Crippen molar-refractivity contribution in [3.8, 4) is 0 Å². The van der Waals surface area contributed by atoms with Crippen LogP contribution in [0.3, 0.4) is 0 Å². The van der Waals surface area contributed by atoms with E-state index in [0.29, 0.717) is 0 Å². The number of guanidine groups is 1. The lowest BCUT2D eigenvalue weighted by atomic mass is 10.3. The van der Waals surface area contributed by atoms with Crippen LogP contribution >= 0.6 is 33.9 Å². The van der Waals surface area contributed by atoms with Gasteiger partial charge >= 0.3 is 0 Å². The highest BCUT2D eigenvalue weighted by atomic mass is 127. The first kappa shape index (κ1) is 14.5. The van der Waals surface area contributed by atoms with Crippen molar-refractivity contribution in [1.82, 2.24) is 10.6 Å². The van der Waals surface area contributed by atoms with Gasteiger partial charge in [0, 0.05) is 30.9 Å². The van der Waals surface area contributed by atoms with E-state index in [-0.39, 0.29) is 0 Å². The summed E-state index contributed by atoms with van der Waals surface area (Å²) in [7, 11) is 0. The predicted octanol–water partition coefficient (Wildman–Crippen LogP) is 2.64. The van der Waals surface area contributed by atoms with E-state index in [4.69, 9.17) is 0 Å². The highest BCUT2D eigenvalue weighted by Crippen LogP contribution is 2.18. The number of halogens is 1. The van der Waals surface area contributed by atoms with Gasteiger partial charge in [-0.25, -0.2) is 0 Å². The fourth-order valence-corrected chi connectivity index (χ4v) is 3.02. The molecule has 0 radical (unpaired) electrons. The maximum atomic E-state index is 4.51. The van der Waals surface area contributed by atoms with Crippen molar-refractivity contribution in [1.29, 1.82) is 0 Å². The Morgan fingerprint density at radius 3 is 2.94 bits per heavy atom. The molecule has 1 aromatic rings. The lowest BCUT2D eigenvalue weighted by Crippen LogP contribution is -2.37. The summed E-state index contributed by atoms with van der Waals surface area (Å²) in [6.07, 6.45) is 2.83. The van der Waals surface area contributed by atoms with Crippen molar-refractivity contribution in [2.24, 2.45) is 4.99 Å². The summed E-state index contributed by atoms with van der Waals surface area (Å²) in [5.41, 5.74) is 0. The van der Waals surface area contributed by atoms with Crippen LogP contribution in [-0.4, -0.2) is 25.6 Å². The minimum absolute atomic E-state index is 0.739. The van der Waals surface area contributed by atoms with E-state index >= 15 is 0 Å². The first-order valence-electron chi connectivity index (χ1n) is 5.63. The van der Waals surface area contributed by atoms with Crippen molar-refractivity contribution in [2.45, 2.75) is 13.3 Å². The van der Waals surface area contributed by atoms with Crippen LogP contribution in [-0.2, 0) is 6.42 Å². The Kier molecular flexibility index (Phi) is 7.27. The summed E-state index contributed by atoms with van der Waals surface area (Å²) in [6, 6.07) is 4.32. The molecule has 1 rings (SSSR count). The average Bonchev–Trinajstić information content (AvgIpc) is 2.72. The summed E-state index contributed by atoms with van der Waals surface area (Å²) in [6.45, 7) is 8.16. The molecule has 1 aromatic heterocycles. The fraction of sp³-hybridized carbons (Fsp3) is 0.417. The van der Waals surface area contributed by atoms with Gasteiger partial charge in [-0.05, 0) is 41.6 Å². The summed E-state index contributed by atoms with van der Waals surface area (Å²) in [5, 5.41) is 6.39. The number of rotatable bonds is 6. The number of nitrogens with zero attached hydrogens (tertiary/aromatic N) is 1. The van der Waals surface area contributed by atoms with E-state index in [1.165, 1.54) is 7.76 Å². The van der Waals surface area contributed by atoms with Crippen LogP contribution < -0.4 is 10.6 Å². The van der Waals surface area contributed by atoms with Crippen LogP contribution in [0.2, 0.25) is 0 Å². The lowest BCUT2D eigenvalue weighted by molar-refractivity contribution is 0.854. The SMILES string of the molecule is C=CCNC(=NCCc1ccc(I)s1)NCC. The first-order valence-corrected chi connectivity index (χ1v) is 7.53. The summed E-state index contributed by atoms with van der Waals surface area (Å²) < 4.78 is 1.33. The molecule has 1 heterocycles. The minimum atomic E-state index is 0.739. The lowest BCUT2D eigenvalue weighted by Gasteiger charge is -2.08. The van der Waals surface area contributed by atoms with Crippen LogP contribution in [0.5, 0.6) is 0 Å². The van der Waals surface area contributed by atoms with E-state index in [9.17, 15) is 0 Å². The Labute approximate surface area is 121 Å². The van der Waals surface area contributed by atoms with Gasteiger partial charge in [-0.3, -0.25) is 4.99 Å². The monoisotopic (exact) mass is 363 g/mol. The number of aliphatic imine (C=N–C) groups is 1. The molecule has 94 valence electrons. The molecule has 0 aliphatic rings. The maximum absolute atomic E-state index is 4.51. The predicted molar refractivity (Wildman–Crippen MR) is 84.9 cm³/mol. The van der Waals surface area contributed by atoms with Crippen LogP contribution in [0.1, 0.15) is 11.8 Å². The number of hydrogen-bond acceptors (Lipinski definition) is 2. The molecule has 0 spiro atoms.